The third kappa shape index (κ3) is 6.21. The van der Waals surface area contributed by atoms with E-state index >= 15 is 0 Å². The van der Waals surface area contributed by atoms with Crippen LogP contribution in [0.25, 0.3) is 0 Å². The molecule has 0 aliphatic carbocycles. The highest BCUT2D eigenvalue weighted by Crippen LogP contribution is 2.19. The number of nitrogens with one attached hydrogen (secondary N) is 1. The van der Waals surface area contributed by atoms with Crippen LogP contribution >= 0.6 is 11.6 Å². The number of benzene rings is 2. The second-order valence-corrected chi connectivity index (χ2v) is 7.72. The minimum atomic E-state index is -1.13. The van der Waals surface area contributed by atoms with Crippen molar-refractivity contribution in [1.29, 1.82) is 0 Å². The molecule has 33 heavy (non-hydrogen) atoms. The molecule has 3 N–H and O–H groups in total. The molecule has 0 fully saturated rings. The fourth-order valence-electron chi connectivity index (χ4n) is 2.97. The summed E-state index contributed by atoms with van der Waals surface area (Å²) < 4.78 is 7.39. The molecule has 2 aromatic carbocycles. The Bertz CT molecular complexity index is 1220. The van der Waals surface area contributed by atoms with Gasteiger partial charge in [0.2, 0.25) is 5.95 Å². The molecule has 10 nitrogen and oxygen atoms in total. The minimum absolute atomic E-state index is 0.00297. The van der Waals surface area contributed by atoms with E-state index in [9.17, 15) is 19.5 Å². The van der Waals surface area contributed by atoms with E-state index in [4.69, 9.17) is 21.4 Å². The second kappa shape index (κ2) is 10.8. The summed E-state index contributed by atoms with van der Waals surface area (Å²) in [7, 11) is 0. The maximum atomic E-state index is 13.2. The highest BCUT2D eigenvalue weighted by atomic mass is 35.5. The van der Waals surface area contributed by atoms with Crippen LogP contribution in [-0.4, -0.2) is 43.5 Å². The van der Waals surface area contributed by atoms with Gasteiger partial charge in [0.25, 0.3) is 0 Å². The summed E-state index contributed by atoms with van der Waals surface area (Å²) in [5.41, 5.74) is -0.274. The lowest BCUT2D eigenvalue weighted by Gasteiger charge is -2.17. The minimum Gasteiger partial charge on any atom is -0.491 e. The fourth-order valence-corrected chi connectivity index (χ4v) is 3.10. The third-order valence-electron chi connectivity index (χ3n) is 4.75. The normalized spacial score (nSPS) is 11.7. The van der Waals surface area contributed by atoms with Crippen LogP contribution in [0, 0.1) is 5.92 Å². The molecular formula is C22H23ClN4O6. The molecule has 0 bridgehead atoms. The number of nitrogens with zero attached hydrogens (tertiary/aromatic N) is 3. The smallest absolute Gasteiger partial charge is 0.354 e. The van der Waals surface area contributed by atoms with Gasteiger partial charge in [-0.1, -0.05) is 30.7 Å². The first kappa shape index (κ1) is 24.0. The number of ether oxygens (including phenoxy) is 1. The monoisotopic (exact) mass is 474 g/mol. The molecule has 0 saturated carbocycles. The molecule has 0 amide bonds. The number of rotatable bonds is 10. The van der Waals surface area contributed by atoms with Crippen molar-refractivity contribution in [3.63, 3.8) is 0 Å². The van der Waals surface area contributed by atoms with E-state index in [-0.39, 0.29) is 32.3 Å². The van der Waals surface area contributed by atoms with E-state index < -0.39 is 23.3 Å². The van der Waals surface area contributed by atoms with Gasteiger partial charge in [-0.2, -0.15) is 4.98 Å². The van der Waals surface area contributed by atoms with Crippen LogP contribution in [0.3, 0.4) is 0 Å². The number of carboxylic acids is 1. The van der Waals surface area contributed by atoms with Crippen molar-refractivity contribution >= 4 is 29.2 Å². The zero-order valence-corrected chi connectivity index (χ0v) is 18.5. The molecular weight excluding hydrogens is 452 g/mol. The second-order valence-electron chi connectivity index (χ2n) is 7.28. The predicted octanol–water partition coefficient (Wildman–Crippen LogP) is 1.94. The van der Waals surface area contributed by atoms with Gasteiger partial charge >= 0.3 is 17.3 Å². The summed E-state index contributed by atoms with van der Waals surface area (Å²) in [6.45, 7) is 1.21. The first-order chi connectivity index (χ1) is 15.8. The molecule has 1 unspecified atom stereocenters. The van der Waals surface area contributed by atoms with Crippen LogP contribution < -0.4 is 21.4 Å². The molecule has 11 heteroatoms. The number of hydrogen-bond acceptors (Lipinski definition) is 7. The molecule has 1 atom stereocenters. The number of halogens is 1. The summed E-state index contributed by atoms with van der Waals surface area (Å²) in [6.07, 6.45) is 0. The lowest BCUT2D eigenvalue weighted by atomic mass is 10.2. The highest BCUT2D eigenvalue weighted by Gasteiger charge is 2.19. The Hall–Kier alpha value is -3.63. The van der Waals surface area contributed by atoms with Gasteiger partial charge in [0, 0.05) is 17.3 Å². The molecule has 0 saturated heterocycles. The maximum absolute atomic E-state index is 13.2. The number of aromatic nitrogens is 3. The van der Waals surface area contributed by atoms with Gasteiger partial charge in [0.15, 0.2) is 0 Å². The number of aliphatic hydroxyl groups excluding tert-OH is 1. The zero-order chi connectivity index (χ0) is 24.0. The van der Waals surface area contributed by atoms with Crippen molar-refractivity contribution in [3.8, 4) is 5.75 Å². The molecule has 1 aromatic heterocycles. The molecule has 0 aliphatic heterocycles. The van der Waals surface area contributed by atoms with Crippen LogP contribution in [0.4, 0.5) is 11.6 Å². The summed E-state index contributed by atoms with van der Waals surface area (Å²) in [5.74, 6) is -1.54. The summed E-state index contributed by atoms with van der Waals surface area (Å²) in [6, 6.07) is 13.5. The Balaban J connectivity index is 2.00. The van der Waals surface area contributed by atoms with Crippen LogP contribution in [0.15, 0.2) is 58.1 Å². The van der Waals surface area contributed by atoms with E-state index in [0.29, 0.717) is 16.5 Å². The molecule has 0 spiro atoms. The Morgan fingerprint density at radius 3 is 2.39 bits per heavy atom. The highest BCUT2D eigenvalue weighted by molar-refractivity contribution is 6.30. The van der Waals surface area contributed by atoms with Gasteiger partial charge in [0.05, 0.1) is 19.1 Å². The summed E-state index contributed by atoms with van der Waals surface area (Å²) in [5, 5.41) is 21.5. The first-order valence-electron chi connectivity index (χ1n) is 10.1. The quantitative estimate of drug-likeness (QED) is 0.405. The molecule has 3 rings (SSSR count). The van der Waals surface area contributed by atoms with E-state index in [0.717, 1.165) is 10.1 Å². The van der Waals surface area contributed by atoms with Gasteiger partial charge in [-0.25, -0.2) is 14.2 Å². The Morgan fingerprint density at radius 1 is 1.12 bits per heavy atom. The van der Waals surface area contributed by atoms with Crippen LogP contribution in [0.5, 0.6) is 5.75 Å². The van der Waals surface area contributed by atoms with Crippen molar-refractivity contribution in [2.75, 3.05) is 18.5 Å². The van der Waals surface area contributed by atoms with E-state index in [1.54, 1.807) is 48.5 Å². The Morgan fingerprint density at radius 2 is 1.79 bits per heavy atom. The number of aliphatic carboxylic acids is 1. The standard InChI is InChI=1S/C22H23ClN4O6/c1-14(19(29)30)12-27-21(31)25-20(24-17-6-8-18(9-7-17)33-11-10-28)26(22(27)32)13-15-2-4-16(23)5-3-15/h2-9,14,28H,10-13H2,1H3,(H,29,30)(H,24,25,31). The zero-order valence-electron chi connectivity index (χ0n) is 17.8. The number of carboxylic acid groups (broad SMARTS) is 1. The Kier molecular flexibility index (Phi) is 7.86. The van der Waals surface area contributed by atoms with Gasteiger partial charge in [-0.05, 0) is 42.0 Å². The van der Waals surface area contributed by atoms with E-state index in [1.165, 1.54) is 11.5 Å². The van der Waals surface area contributed by atoms with E-state index in [2.05, 4.69) is 10.3 Å². The number of aliphatic hydroxyl groups is 1. The molecule has 1 heterocycles. The lowest BCUT2D eigenvalue weighted by molar-refractivity contribution is -0.141. The average Bonchev–Trinajstić information content (AvgIpc) is 2.79. The first-order valence-corrected chi connectivity index (χ1v) is 10.5. The molecule has 174 valence electrons. The van der Waals surface area contributed by atoms with Crippen LogP contribution in [-0.2, 0) is 17.9 Å². The van der Waals surface area contributed by atoms with Gasteiger partial charge in [-0.15, -0.1) is 0 Å². The Labute approximate surface area is 193 Å². The predicted molar refractivity (Wildman–Crippen MR) is 122 cm³/mol. The van der Waals surface area contributed by atoms with Gasteiger partial charge in [0.1, 0.15) is 12.4 Å². The lowest BCUT2D eigenvalue weighted by Crippen LogP contribution is -2.44. The fraction of sp³-hybridized carbons (Fsp3) is 0.273. The van der Waals surface area contributed by atoms with Crippen LogP contribution in [0.1, 0.15) is 12.5 Å². The number of carbonyl (C=O) groups is 1. The summed E-state index contributed by atoms with van der Waals surface area (Å²) in [4.78, 5) is 41.0. The average molecular weight is 475 g/mol. The number of anilines is 2. The summed E-state index contributed by atoms with van der Waals surface area (Å²) >= 11 is 5.94. The molecule has 0 aliphatic rings. The SMILES string of the molecule is CC(Cn1c(=O)nc(Nc2ccc(OCCO)cc2)n(Cc2ccc(Cl)cc2)c1=O)C(=O)O. The largest absolute Gasteiger partial charge is 0.491 e. The van der Waals surface area contributed by atoms with Crippen molar-refractivity contribution in [1.82, 2.24) is 14.1 Å². The van der Waals surface area contributed by atoms with Crippen molar-refractivity contribution < 1.29 is 19.7 Å². The maximum Gasteiger partial charge on any atom is 0.354 e. The van der Waals surface area contributed by atoms with Gasteiger partial charge < -0.3 is 20.3 Å². The topological polar surface area (TPSA) is 136 Å². The van der Waals surface area contributed by atoms with Crippen molar-refractivity contribution in [3.05, 3.63) is 80.1 Å². The molecule has 3 aromatic rings. The van der Waals surface area contributed by atoms with Crippen LogP contribution in [0.2, 0.25) is 5.02 Å². The van der Waals surface area contributed by atoms with E-state index in [1.807, 2.05) is 0 Å². The van der Waals surface area contributed by atoms with Crippen molar-refractivity contribution in [2.45, 2.75) is 20.0 Å². The van der Waals surface area contributed by atoms with Gasteiger partial charge in [-0.3, -0.25) is 9.36 Å². The number of hydrogen-bond donors (Lipinski definition) is 3. The van der Waals surface area contributed by atoms with Crippen molar-refractivity contribution in [2.24, 2.45) is 5.92 Å². The molecule has 0 radical (unpaired) electrons. The third-order valence-corrected chi connectivity index (χ3v) is 5.00.